The van der Waals surface area contributed by atoms with Gasteiger partial charge in [0.15, 0.2) is 8.32 Å². The second kappa shape index (κ2) is 5.82. The molecule has 0 heterocycles. The number of carbonyl (C=O) groups excluding carboxylic acids is 1. The lowest BCUT2D eigenvalue weighted by Gasteiger charge is -2.36. The first-order chi connectivity index (χ1) is 10.1. The van der Waals surface area contributed by atoms with Gasteiger partial charge in [0.1, 0.15) is 5.60 Å². The zero-order valence-corrected chi connectivity index (χ0v) is 15.7. The average Bonchev–Trinajstić information content (AvgIpc) is 3.15. The van der Waals surface area contributed by atoms with Gasteiger partial charge in [0.05, 0.1) is 6.61 Å². The molecule has 1 aliphatic carbocycles. The first kappa shape index (κ1) is 17.2. The quantitative estimate of drug-likeness (QED) is 0.579. The minimum absolute atomic E-state index is 0.208. The van der Waals surface area contributed by atoms with E-state index in [1.165, 1.54) is 6.92 Å². The van der Waals surface area contributed by atoms with Crippen LogP contribution in [0.1, 0.15) is 51.7 Å². The Morgan fingerprint density at radius 2 is 1.91 bits per heavy atom. The van der Waals surface area contributed by atoms with Gasteiger partial charge in [0.2, 0.25) is 0 Å². The van der Waals surface area contributed by atoms with Crippen molar-refractivity contribution in [2.75, 3.05) is 0 Å². The third-order valence-corrected chi connectivity index (χ3v) is 9.38. The summed E-state index contributed by atoms with van der Waals surface area (Å²) in [5.74, 6) is -0.208. The molecule has 122 valence electrons. The van der Waals surface area contributed by atoms with Crippen LogP contribution in [0.15, 0.2) is 24.3 Å². The molecular weight excluding hydrogens is 292 g/mol. The SMILES string of the molecule is CC(=O)OC1(c2cccc(CO[Si](C)(C)C(C)(C)C)c2)CC1. The summed E-state index contributed by atoms with van der Waals surface area (Å²) in [6.45, 7) is 13.4. The van der Waals surface area contributed by atoms with Gasteiger partial charge in [-0.25, -0.2) is 0 Å². The Morgan fingerprint density at radius 1 is 1.27 bits per heavy atom. The predicted octanol–water partition coefficient (Wildman–Crippen LogP) is 4.76. The second-order valence-electron chi connectivity index (χ2n) is 7.84. The van der Waals surface area contributed by atoms with Crippen molar-refractivity contribution in [3.05, 3.63) is 35.4 Å². The van der Waals surface area contributed by atoms with E-state index in [-0.39, 0.29) is 16.6 Å². The summed E-state index contributed by atoms with van der Waals surface area (Å²) >= 11 is 0. The molecule has 0 amide bonds. The molecule has 2 rings (SSSR count). The van der Waals surface area contributed by atoms with Crippen molar-refractivity contribution >= 4 is 14.3 Å². The molecule has 1 aromatic rings. The lowest BCUT2D eigenvalue weighted by Crippen LogP contribution is -2.40. The van der Waals surface area contributed by atoms with E-state index in [4.69, 9.17) is 9.16 Å². The number of carbonyl (C=O) groups is 1. The maximum absolute atomic E-state index is 11.3. The van der Waals surface area contributed by atoms with E-state index >= 15 is 0 Å². The molecule has 1 aliphatic rings. The third-order valence-electron chi connectivity index (χ3n) is 4.90. The lowest BCUT2D eigenvalue weighted by molar-refractivity contribution is -0.149. The minimum Gasteiger partial charge on any atom is -0.454 e. The van der Waals surface area contributed by atoms with E-state index in [9.17, 15) is 4.79 Å². The molecule has 1 saturated carbocycles. The zero-order valence-electron chi connectivity index (χ0n) is 14.7. The number of ether oxygens (including phenoxy) is 1. The van der Waals surface area contributed by atoms with Crippen molar-refractivity contribution in [2.24, 2.45) is 0 Å². The van der Waals surface area contributed by atoms with Crippen molar-refractivity contribution in [1.82, 2.24) is 0 Å². The molecule has 0 radical (unpaired) electrons. The fourth-order valence-corrected chi connectivity index (χ4v) is 3.22. The highest BCUT2D eigenvalue weighted by atomic mass is 28.4. The van der Waals surface area contributed by atoms with Crippen LogP contribution < -0.4 is 0 Å². The van der Waals surface area contributed by atoms with Crippen LogP contribution in [-0.2, 0) is 26.2 Å². The number of benzene rings is 1. The van der Waals surface area contributed by atoms with Gasteiger partial charge >= 0.3 is 5.97 Å². The fraction of sp³-hybridized carbons (Fsp3) is 0.611. The maximum atomic E-state index is 11.3. The molecule has 1 fully saturated rings. The monoisotopic (exact) mass is 320 g/mol. The minimum atomic E-state index is -1.75. The normalized spacial score (nSPS) is 17.2. The van der Waals surface area contributed by atoms with E-state index in [0.29, 0.717) is 6.61 Å². The summed E-state index contributed by atoms with van der Waals surface area (Å²) in [7, 11) is -1.75. The molecule has 0 aromatic heterocycles. The van der Waals surface area contributed by atoms with Crippen molar-refractivity contribution in [3.8, 4) is 0 Å². The summed E-state index contributed by atoms with van der Waals surface area (Å²) in [6, 6.07) is 8.29. The smallest absolute Gasteiger partial charge is 0.303 e. The highest BCUT2D eigenvalue weighted by Gasteiger charge is 2.48. The van der Waals surface area contributed by atoms with E-state index in [2.05, 4.69) is 46.0 Å². The van der Waals surface area contributed by atoms with Crippen LogP contribution >= 0.6 is 0 Å². The summed E-state index contributed by atoms with van der Waals surface area (Å²) in [5, 5.41) is 0.208. The first-order valence-electron chi connectivity index (χ1n) is 7.99. The number of hydrogen-bond donors (Lipinski definition) is 0. The first-order valence-corrected chi connectivity index (χ1v) is 10.9. The zero-order chi connectivity index (χ0) is 16.6. The molecule has 3 nitrogen and oxygen atoms in total. The highest BCUT2D eigenvalue weighted by Crippen LogP contribution is 2.49. The van der Waals surface area contributed by atoms with Crippen LogP contribution in [0.2, 0.25) is 18.1 Å². The van der Waals surface area contributed by atoms with Gasteiger partial charge in [-0.2, -0.15) is 0 Å². The Labute approximate surface area is 135 Å². The van der Waals surface area contributed by atoms with E-state index in [1.807, 2.05) is 12.1 Å². The van der Waals surface area contributed by atoms with Gasteiger partial charge in [-0.3, -0.25) is 4.79 Å². The van der Waals surface area contributed by atoms with Crippen LogP contribution in [0.5, 0.6) is 0 Å². The molecule has 1 aromatic carbocycles. The molecule has 0 saturated heterocycles. The molecular formula is C18H28O3Si. The number of esters is 1. The Morgan fingerprint density at radius 3 is 2.41 bits per heavy atom. The molecule has 0 aliphatic heterocycles. The van der Waals surface area contributed by atoms with Crippen LogP contribution in [0.4, 0.5) is 0 Å². The van der Waals surface area contributed by atoms with Crippen molar-refractivity contribution in [2.45, 2.75) is 70.9 Å². The lowest BCUT2D eigenvalue weighted by atomic mass is 10.0. The Balaban J connectivity index is 2.09. The van der Waals surface area contributed by atoms with Crippen LogP contribution in [-0.4, -0.2) is 14.3 Å². The molecule has 0 bridgehead atoms. The van der Waals surface area contributed by atoms with Gasteiger partial charge in [-0.1, -0.05) is 39.0 Å². The third kappa shape index (κ3) is 3.79. The Hall–Kier alpha value is -1.13. The standard InChI is InChI=1S/C18H28O3Si/c1-14(19)21-18(10-11-18)16-9-7-8-15(12-16)13-20-22(5,6)17(2,3)4/h7-9,12H,10-11,13H2,1-6H3. The van der Waals surface area contributed by atoms with Gasteiger partial charge < -0.3 is 9.16 Å². The molecule has 0 unspecified atom stereocenters. The van der Waals surface area contributed by atoms with Crippen LogP contribution in [0.3, 0.4) is 0 Å². The predicted molar refractivity (Wildman–Crippen MR) is 91.1 cm³/mol. The van der Waals surface area contributed by atoms with Crippen molar-refractivity contribution in [1.29, 1.82) is 0 Å². The van der Waals surface area contributed by atoms with Gasteiger partial charge in [-0.15, -0.1) is 0 Å². The molecule has 22 heavy (non-hydrogen) atoms. The molecule has 0 atom stereocenters. The van der Waals surface area contributed by atoms with Gasteiger partial charge in [0.25, 0.3) is 0 Å². The summed E-state index contributed by atoms with van der Waals surface area (Å²) < 4.78 is 11.8. The summed E-state index contributed by atoms with van der Waals surface area (Å²) in [4.78, 5) is 11.3. The number of hydrogen-bond acceptors (Lipinski definition) is 3. The second-order valence-corrected chi connectivity index (χ2v) is 12.6. The van der Waals surface area contributed by atoms with E-state index < -0.39 is 8.32 Å². The van der Waals surface area contributed by atoms with Crippen LogP contribution in [0.25, 0.3) is 0 Å². The van der Waals surface area contributed by atoms with Crippen LogP contribution in [0, 0.1) is 0 Å². The average molecular weight is 321 g/mol. The van der Waals surface area contributed by atoms with Gasteiger partial charge in [-0.05, 0) is 48.2 Å². The molecule has 0 N–H and O–H groups in total. The van der Waals surface area contributed by atoms with Crippen molar-refractivity contribution < 1.29 is 14.0 Å². The maximum Gasteiger partial charge on any atom is 0.303 e. The summed E-state index contributed by atoms with van der Waals surface area (Å²) in [6.07, 6.45) is 1.83. The van der Waals surface area contributed by atoms with E-state index in [1.54, 1.807) is 0 Å². The topological polar surface area (TPSA) is 35.5 Å². The summed E-state index contributed by atoms with van der Waals surface area (Å²) in [5.41, 5.74) is 1.87. The van der Waals surface area contributed by atoms with Crippen molar-refractivity contribution in [3.63, 3.8) is 0 Å². The molecule has 0 spiro atoms. The Bertz CT molecular complexity index is 554. The largest absolute Gasteiger partial charge is 0.454 e. The highest BCUT2D eigenvalue weighted by molar-refractivity contribution is 6.74. The Kier molecular flexibility index (Phi) is 4.55. The van der Waals surface area contributed by atoms with E-state index in [0.717, 1.165) is 24.0 Å². The fourth-order valence-electron chi connectivity index (χ4n) is 2.26. The number of rotatable bonds is 5. The van der Waals surface area contributed by atoms with Gasteiger partial charge in [0, 0.05) is 6.92 Å². The molecule has 4 heteroatoms.